The largest absolute Gasteiger partial charge is 0.423 e. The molecule has 21 heavy (non-hydrogen) atoms. The van der Waals surface area contributed by atoms with Crippen LogP contribution in [0.2, 0.25) is 0 Å². The van der Waals surface area contributed by atoms with Crippen molar-refractivity contribution in [2.24, 2.45) is 0 Å². The summed E-state index contributed by atoms with van der Waals surface area (Å²) in [6.45, 7) is 2.53. The minimum absolute atomic E-state index is 0.539. The van der Waals surface area contributed by atoms with E-state index in [1.807, 2.05) is 25.1 Å². The van der Waals surface area contributed by atoms with Crippen molar-refractivity contribution in [1.82, 2.24) is 10.2 Å². The van der Waals surface area contributed by atoms with Crippen molar-refractivity contribution in [3.63, 3.8) is 0 Å². The maximum absolute atomic E-state index is 5.46. The molecule has 4 heteroatoms. The predicted molar refractivity (Wildman–Crippen MR) is 82.9 cm³/mol. The van der Waals surface area contributed by atoms with Gasteiger partial charge in [-0.1, -0.05) is 49.4 Å². The Labute approximate surface area is 123 Å². The highest BCUT2D eigenvalue weighted by Crippen LogP contribution is 2.21. The standard InChI is InChI=1S/C17H17N3O/c1-2-16-19-20-17(21-16)12-18-15-10-8-14(9-11-15)13-6-4-3-5-7-13/h3-11,18H,2,12H2,1H3. The monoisotopic (exact) mass is 279 g/mol. The van der Waals surface area contributed by atoms with Gasteiger partial charge in [-0.15, -0.1) is 10.2 Å². The fourth-order valence-electron chi connectivity index (χ4n) is 2.09. The molecule has 106 valence electrons. The molecule has 0 radical (unpaired) electrons. The van der Waals surface area contributed by atoms with Crippen LogP contribution in [-0.4, -0.2) is 10.2 Å². The molecule has 0 spiro atoms. The first-order valence-electron chi connectivity index (χ1n) is 7.06. The maximum Gasteiger partial charge on any atom is 0.235 e. The van der Waals surface area contributed by atoms with Gasteiger partial charge < -0.3 is 9.73 Å². The van der Waals surface area contributed by atoms with E-state index in [0.717, 1.165) is 12.1 Å². The van der Waals surface area contributed by atoms with Gasteiger partial charge in [-0.25, -0.2) is 0 Å². The van der Waals surface area contributed by atoms with Crippen molar-refractivity contribution in [3.8, 4) is 11.1 Å². The average Bonchev–Trinajstić information content (AvgIpc) is 3.02. The zero-order chi connectivity index (χ0) is 14.5. The molecule has 0 atom stereocenters. The Bertz CT molecular complexity index is 690. The van der Waals surface area contributed by atoms with E-state index in [1.165, 1.54) is 11.1 Å². The van der Waals surface area contributed by atoms with Gasteiger partial charge in [-0.3, -0.25) is 0 Å². The normalized spacial score (nSPS) is 10.5. The molecule has 0 saturated heterocycles. The summed E-state index contributed by atoms with van der Waals surface area (Å²) in [5, 5.41) is 11.2. The summed E-state index contributed by atoms with van der Waals surface area (Å²) in [6.07, 6.45) is 0.763. The second kappa shape index (κ2) is 6.22. The third-order valence-electron chi connectivity index (χ3n) is 3.25. The summed E-state index contributed by atoms with van der Waals surface area (Å²) in [5.41, 5.74) is 3.45. The molecule has 0 aliphatic rings. The van der Waals surface area contributed by atoms with E-state index in [1.54, 1.807) is 0 Å². The minimum Gasteiger partial charge on any atom is -0.423 e. The summed E-state index contributed by atoms with van der Waals surface area (Å²) in [6, 6.07) is 18.6. The van der Waals surface area contributed by atoms with Crippen molar-refractivity contribution in [1.29, 1.82) is 0 Å². The molecule has 3 aromatic rings. The summed E-state index contributed by atoms with van der Waals surface area (Å²) in [5.74, 6) is 1.28. The van der Waals surface area contributed by atoms with Crippen LogP contribution >= 0.6 is 0 Å². The molecule has 2 aromatic carbocycles. The lowest BCUT2D eigenvalue weighted by molar-refractivity contribution is 0.460. The summed E-state index contributed by atoms with van der Waals surface area (Å²) in [4.78, 5) is 0. The summed E-state index contributed by atoms with van der Waals surface area (Å²) >= 11 is 0. The number of hydrogen-bond acceptors (Lipinski definition) is 4. The van der Waals surface area contributed by atoms with Gasteiger partial charge in [-0.2, -0.15) is 0 Å². The minimum atomic E-state index is 0.539. The molecule has 3 rings (SSSR count). The van der Waals surface area contributed by atoms with Crippen LogP contribution < -0.4 is 5.32 Å². The second-order valence-corrected chi connectivity index (χ2v) is 4.74. The van der Waals surface area contributed by atoms with Crippen molar-refractivity contribution >= 4 is 5.69 Å². The Morgan fingerprint density at radius 1 is 0.857 bits per heavy atom. The van der Waals surface area contributed by atoms with Crippen LogP contribution in [-0.2, 0) is 13.0 Å². The van der Waals surface area contributed by atoms with E-state index >= 15 is 0 Å². The second-order valence-electron chi connectivity index (χ2n) is 4.74. The highest BCUT2D eigenvalue weighted by Gasteiger charge is 2.04. The first-order valence-corrected chi connectivity index (χ1v) is 7.06. The van der Waals surface area contributed by atoms with Crippen LogP contribution in [0.4, 0.5) is 5.69 Å². The smallest absolute Gasteiger partial charge is 0.235 e. The Morgan fingerprint density at radius 2 is 1.52 bits per heavy atom. The molecule has 1 heterocycles. The van der Waals surface area contributed by atoms with E-state index in [2.05, 4.69) is 51.9 Å². The van der Waals surface area contributed by atoms with Crippen LogP contribution in [0.15, 0.2) is 59.0 Å². The topological polar surface area (TPSA) is 51.0 Å². The van der Waals surface area contributed by atoms with E-state index < -0.39 is 0 Å². The zero-order valence-corrected chi connectivity index (χ0v) is 11.9. The number of nitrogens with zero attached hydrogens (tertiary/aromatic N) is 2. The highest BCUT2D eigenvalue weighted by molar-refractivity contribution is 5.65. The van der Waals surface area contributed by atoms with Gasteiger partial charge >= 0.3 is 0 Å². The van der Waals surface area contributed by atoms with Crippen molar-refractivity contribution in [2.75, 3.05) is 5.32 Å². The molecule has 4 nitrogen and oxygen atoms in total. The van der Waals surface area contributed by atoms with E-state index in [-0.39, 0.29) is 0 Å². The van der Waals surface area contributed by atoms with Gasteiger partial charge in [-0.05, 0) is 23.3 Å². The first kappa shape index (κ1) is 13.4. The van der Waals surface area contributed by atoms with Crippen LogP contribution in [0.3, 0.4) is 0 Å². The van der Waals surface area contributed by atoms with Gasteiger partial charge in [0.05, 0.1) is 6.54 Å². The Balaban J connectivity index is 1.64. The average molecular weight is 279 g/mol. The number of benzene rings is 2. The van der Waals surface area contributed by atoms with Crippen LogP contribution in [0, 0.1) is 0 Å². The maximum atomic E-state index is 5.46. The lowest BCUT2D eigenvalue weighted by Gasteiger charge is -2.05. The molecular weight excluding hydrogens is 262 g/mol. The molecule has 0 aliphatic heterocycles. The number of anilines is 1. The molecule has 0 aliphatic carbocycles. The molecule has 0 bridgehead atoms. The number of aryl methyl sites for hydroxylation is 1. The quantitative estimate of drug-likeness (QED) is 0.769. The van der Waals surface area contributed by atoms with Crippen LogP contribution in [0.1, 0.15) is 18.7 Å². The van der Waals surface area contributed by atoms with Crippen molar-refractivity contribution in [3.05, 3.63) is 66.4 Å². The predicted octanol–water partition coefficient (Wildman–Crippen LogP) is 3.91. The third kappa shape index (κ3) is 3.28. The highest BCUT2D eigenvalue weighted by atomic mass is 16.4. The zero-order valence-electron chi connectivity index (χ0n) is 11.9. The Morgan fingerprint density at radius 3 is 2.19 bits per heavy atom. The van der Waals surface area contributed by atoms with Gasteiger partial charge in [0, 0.05) is 12.1 Å². The molecule has 0 saturated carbocycles. The van der Waals surface area contributed by atoms with Gasteiger partial charge in [0.25, 0.3) is 0 Å². The number of nitrogens with one attached hydrogen (secondary N) is 1. The molecule has 0 unspecified atom stereocenters. The van der Waals surface area contributed by atoms with E-state index in [4.69, 9.17) is 4.42 Å². The molecule has 1 N–H and O–H groups in total. The molecule has 1 aromatic heterocycles. The number of rotatable bonds is 5. The third-order valence-corrected chi connectivity index (χ3v) is 3.25. The lowest BCUT2D eigenvalue weighted by atomic mass is 10.1. The van der Waals surface area contributed by atoms with Gasteiger partial charge in [0.1, 0.15) is 0 Å². The van der Waals surface area contributed by atoms with Crippen LogP contribution in [0.25, 0.3) is 11.1 Å². The van der Waals surface area contributed by atoms with Gasteiger partial charge in [0.2, 0.25) is 11.8 Å². The summed E-state index contributed by atoms with van der Waals surface area (Å²) in [7, 11) is 0. The number of aromatic nitrogens is 2. The molecular formula is C17H17N3O. The molecule has 0 fully saturated rings. The summed E-state index contributed by atoms with van der Waals surface area (Å²) < 4.78 is 5.46. The van der Waals surface area contributed by atoms with Crippen LogP contribution in [0.5, 0.6) is 0 Å². The van der Waals surface area contributed by atoms with Crippen molar-refractivity contribution < 1.29 is 4.42 Å². The lowest BCUT2D eigenvalue weighted by Crippen LogP contribution is -1.99. The van der Waals surface area contributed by atoms with Crippen molar-refractivity contribution in [2.45, 2.75) is 19.9 Å². The fraction of sp³-hybridized carbons (Fsp3) is 0.176. The van der Waals surface area contributed by atoms with E-state index in [0.29, 0.717) is 18.3 Å². The fourth-order valence-corrected chi connectivity index (χ4v) is 2.09. The Kier molecular flexibility index (Phi) is 3.96. The van der Waals surface area contributed by atoms with Gasteiger partial charge in [0.15, 0.2) is 0 Å². The van der Waals surface area contributed by atoms with E-state index in [9.17, 15) is 0 Å². The first-order chi connectivity index (χ1) is 10.3. The SMILES string of the molecule is CCc1nnc(CNc2ccc(-c3ccccc3)cc2)o1. The Hall–Kier alpha value is -2.62. The molecule has 0 amide bonds. The number of hydrogen-bond donors (Lipinski definition) is 1.